The van der Waals surface area contributed by atoms with Gasteiger partial charge in [-0.2, -0.15) is 13.1 Å². The predicted molar refractivity (Wildman–Crippen MR) is 143 cm³/mol. The summed E-state index contributed by atoms with van der Waals surface area (Å²) < 4.78 is 55.8. The van der Waals surface area contributed by atoms with E-state index in [4.69, 9.17) is 9.56 Å². The number of carbonyl (C=O) groups is 1. The molecular formula is C23H24N6O7S3. The first-order valence-electron chi connectivity index (χ1n) is 11.6. The average Bonchev–Trinajstić information content (AvgIpc) is 3.60. The Balaban J connectivity index is 1.44. The van der Waals surface area contributed by atoms with Gasteiger partial charge in [-0.3, -0.25) is 4.79 Å². The summed E-state index contributed by atoms with van der Waals surface area (Å²) in [6.07, 6.45) is 1.07. The summed E-state index contributed by atoms with van der Waals surface area (Å²) in [6, 6.07) is 12.6. The number of nitrogens with zero attached hydrogens (tertiary/aromatic N) is 4. The summed E-state index contributed by atoms with van der Waals surface area (Å²) in [4.78, 5) is 19.0. The average molecular weight is 593 g/mol. The fourth-order valence-electron chi connectivity index (χ4n) is 4.25. The standard InChI is InChI=1S/C23H24N6O7S3/c1-38(32,33)20(21-28-27-19(36-21)11-25-39(24,34)35)22-26-17-6-5-14(10-18(17)37-22)13-3-2-4-15(9-13)23(31)29-8-7-16(30)12-29/h2-6,9-10,16,20,25,30H,7-8,11-12H2,1H3,(H2,24,34,35)/t16-,20?/m0/s1. The van der Waals surface area contributed by atoms with Crippen LogP contribution in [0.15, 0.2) is 46.9 Å². The number of carbonyl (C=O) groups excluding carboxylic acids is 1. The first kappa shape index (κ1) is 27.3. The lowest BCUT2D eigenvalue weighted by atomic mass is 10.0. The summed E-state index contributed by atoms with van der Waals surface area (Å²) in [5.74, 6) is -0.557. The maximum absolute atomic E-state index is 12.9. The van der Waals surface area contributed by atoms with Crippen molar-refractivity contribution in [3.8, 4) is 11.1 Å². The third-order valence-electron chi connectivity index (χ3n) is 6.08. The van der Waals surface area contributed by atoms with Crippen LogP contribution in [0, 0.1) is 0 Å². The maximum atomic E-state index is 12.9. The van der Waals surface area contributed by atoms with Gasteiger partial charge in [-0.05, 0) is 41.8 Å². The number of aliphatic hydroxyl groups excluding tert-OH is 1. The number of hydrogen-bond donors (Lipinski definition) is 3. The van der Waals surface area contributed by atoms with Gasteiger partial charge in [0.15, 0.2) is 15.1 Å². The van der Waals surface area contributed by atoms with Gasteiger partial charge < -0.3 is 14.4 Å². The molecule has 0 saturated carbocycles. The number of hydrogen-bond acceptors (Lipinski definition) is 11. The van der Waals surface area contributed by atoms with Crippen LogP contribution in [0.2, 0.25) is 0 Å². The zero-order valence-electron chi connectivity index (χ0n) is 20.5. The lowest BCUT2D eigenvalue weighted by Crippen LogP contribution is -2.30. The highest BCUT2D eigenvalue weighted by atomic mass is 32.2. The highest BCUT2D eigenvalue weighted by Gasteiger charge is 2.34. The van der Waals surface area contributed by atoms with E-state index in [2.05, 4.69) is 15.2 Å². The molecule has 1 aliphatic rings. The summed E-state index contributed by atoms with van der Waals surface area (Å²) in [5.41, 5.74) is 2.66. The molecule has 13 nitrogen and oxygen atoms in total. The molecule has 1 unspecified atom stereocenters. The van der Waals surface area contributed by atoms with Crippen LogP contribution in [-0.2, 0) is 26.6 Å². The molecule has 4 aromatic rings. The van der Waals surface area contributed by atoms with Gasteiger partial charge in [0.05, 0.1) is 22.9 Å². The van der Waals surface area contributed by atoms with Gasteiger partial charge in [-0.1, -0.05) is 18.2 Å². The molecular weight excluding hydrogens is 568 g/mol. The number of rotatable bonds is 8. The van der Waals surface area contributed by atoms with E-state index in [0.717, 1.165) is 28.7 Å². The summed E-state index contributed by atoms with van der Waals surface area (Å²) >= 11 is 1.14. The Morgan fingerprint density at radius 2 is 1.97 bits per heavy atom. The zero-order chi connectivity index (χ0) is 27.9. The molecule has 1 saturated heterocycles. The minimum absolute atomic E-state index is 0.149. The number of sulfone groups is 1. The maximum Gasteiger partial charge on any atom is 0.274 e. The number of aliphatic hydroxyl groups is 1. The van der Waals surface area contributed by atoms with Crippen LogP contribution in [0.4, 0.5) is 0 Å². The third-order valence-corrected chi connectivity index (χ3v) is 9.14. The molecule has 0 spiro atoms. The van der Waals surface area contributed by atoms with Crippen molar-refractivity contribution < 1.29 is 31.2 Å². The first-order chi connectivity index (χ1) is 18.4. The van der Waals surface area contributed by atoms with Gasteiger partial charge in [-0.15, -0.1) is 21.5 Å². The largest absolute Gasteiger partial charge is 0.422 e. The number of amides is 1. The molecule has 3 heterocycles. The monoisotopic (exact) mass is 592 g/mol. The number of β-amino-alcohol motifs (C(OH)–C–C–N with tert-alkyl or cyclic N) is 1. The van der Waals surface area contributed by atoms with Crippen molar-refractivity contribution in [2.24, 2.45) is 5.14 Å². The number of nitrogens with one attached hydrogen (secondary N) is 1. The van der Waals surface area contributed by atoms with Crippen molar-refractivity contribution in [1.29, 1.82) is 0 Å². The highest BCUT2D eigenvalue weighted by Crippen LogP contribution is 2.36. The van der Waals surface area contributed by atoms with Crippen molar-refractivity contribution in [3.63, 3.8) is 0 Å². The second-order valence-electron chi connectivity index (χ2n) is 9.12. The highest BCUT2D eigenvalue weighted by molar-refractivity contribution is 7.91. The Hall–Kier alpha value is -3.28. The molecule has 0 aliphatic carbocycles. The van der Waals surface area contributed by atoms with E-state index >= 15 is 0 Å². The normalized spacial score (nSPS) is 17.1. The van der Waals surface area contributed by atoms with Gasteiger partial charge in [-0.25, -0.2) is 18.5 Å². The topological polar surface area (TPSA) is 199 Å². The van der Waals surface area contributed by atoms with E-state index in [1.165, 1.54) is 0 Å². The van der Waals surface area contributed by atoms with Gasteiger partial charge in [0.1, 0.15) is 5.01 Å². The molecule has 39 heavy (non-hydrogen) atoms. The number of thiazole rings is 1. The van der Waals surface area contributed by atoms with Crippen molar-refractivity contribution >= 4 is 47.5 Å². The smallest absolute Gasteiger partial charge is 0.274 e. The molecule has 4 N–H and O–H groups in total. The van der Waals surface area contributed by atoms with Crippen molar-refractivity contribution in [2.45, 2.75) is 24.3 Å². The molecule has 2 atom stereocenters. The fourth-order valence-corrected chi connectivity index (χ4v) is 7.11. The Morgan fingerprint density at radius 1 is 1.21 bits per heavy atom. The molecule has 0 bridgehead atoms. The van der Waals surface area contributed by atoms with Gasteiger partial charge >= 0.3 is 0 Å². The second kappa shape index (κ2) is 10.4. The molecule has 1 aliphatic heterocycles. The minimum Gasteiger partial charge on any atom is -0.422 e. The Kier molecular flexibility index (Phi) is 7.25. The van der Waals surface area contributed by atoms with Crippen LogP contribution in [-0.4, -0.2) is 73.4 Å². The van der Waals surface area contributed by atoms with E-state index < -0.39 is 37.9 Å². The molecule has 16 heteroatoms. The lowest BCUT2D eigenvalue weighted by molar-refractivity contribution is 0.0765. The van der Waals surface area contributed by atoms with Gasteiger partial charge in [0.2, 0.25) is 11.8 Å². The second-order valence-corrected chi connectivity index (χ2v) is 13.7. The van der Waals surface area contributed by atoms with E-state index in [9.17, 15) is 26.7 Å². The number of aromatic nitrogens is 3. The van der Waals surface area contributed by atoms with Crippen molar-refractivity contribution in [1.82, 2.24) is 24.8 Å². The van der Waals surface area contributed by atoms with Crippen LogP contribution in [0.3, 0.4) is 0 Å². The van der Waals surface area contributed by atoms with E-state index in [1.54, 1.807) is 29.2 Å². The third kappa shape index (κ3) is 6.15. The van der Waals surface area contributed by atoms with E-state index in [-0.39, 0.29) is 22.7 Å². The predicted octanol–water partition coefficient (Wildman–Crippen LogP) is 0.980. The minimum atomic E-state index is -4.01. The molecule has 1 amide bonds. The molecule has 206 valence electrons. The fraction of sp³-hybridized carbons (Fsp3) is 0.304. The molecule has 0 radical (unpaired) electrons. The summed E-state index contributed by atoms with van der Waals surface area (Å²) in [6.45, 7) is 0.418. The van der Waals surface area contributed by atoms with E-state index in [1.807, 2.05) is 22.9 Å². The number of likely N-dealkylation sites (tertiary alicyclic amines) is 1. The van der Waals surface area contributed by atoms with Gasteiger partial charge in [0, 0.05) is 24.9 Å². The van der Waals surface area contributed by atoms with Crippen LogP contribution in [0.5, 0.6) is 0 Å². The molecule has 2 aromatic carbocycles. The molecule has 1 fully saturated rings. The lowest BCUT2D eigenvalue weighted by Gasteiger charge is -2.16. The Bertz CT molecular complexity index is 1770. The number of fused-ring (bicyclic) bond motifs is 1. The number of nitrogens with two attached hydrogens (primary N) is 1. The molecule has 2 aromatic heterocycles. The zero-order valence-corrected chi connectivity index (χ0v) is 23.0. The van der Waals surface area contributed by atoms with Crippen LogP contribution >= 0.6 is 11.3 Å². The van der Waals surface area contributed by atoms with Crippen LogP contribution in [0.1, 0.15) is 38.8 Å². The Morgan fingerprint density at radius 3 is 2.67 bits per heavy atom. The van der Waals surface area contributed by atoms with E-state index in [0.29, 0.717) is 35.3 Å². The summed E-state index contributed by atoms with van der Waals surface area (Å²) in [7, 11) is -7.82. The van der Waals surface area contributed by atoms with Gasteiger partial charge in [0.25, 0.3) is 16.1 Å². The number of benzene rings is 2. The Labute approximate surface area is 227 Å². The van der Waals surface area contributed by atoms with Crippen LogP contribution < -0.4 is 9.86 Å². The van der Waals surface area contributed by atoms with Crippen molar-refractivity contribution in [3.05, 3.63) is 64.8 Å². The van der Waals surface area contributed by atoms with Crippen molar-refractivity contribution in [2.75, 3.05) is 19.3 Å². The van der Waals surface area contributed by atoms with Crippen LogP contribution in [0.25, 0.3) is 21.3 Å². The first-order valence-corrected chi connectivity index (χ1v) is 16.0. The molecule has 5 rings (SSSR count). The quantitative estimate of drug-likeness (QED) is 0.265. The SMILES string of the molecule is CS(=O)(=O)C(c1nnc(CNS(N)(=O)=O)o1)c1nc2ccc(-c3cccc(C(=O)N4CC[C@H](O)C4)c3)cc2s1. The summed E-state index contributed by atoms with van der Waals surface area (Å²) in [5, 5.41) is 21.0.